The van der Waals surface area contributed by atoms with Gasteiger partial charge in [0.1, 0.15) is 0 Å². The molecular weight excluding hydrogens is 284 g/mol. The fraction of sp³-hybridized carbons (Fsp3) is 0.762. The van der Waals surface area contributed by atoms with E-state index in [1.165, 1.54) is 36.8 Å². The Morgan fingerprint density at radius 3 is 2.52 bits per heavy atom. The number of carboxylic acids is 1. The van der Waals surface area contributed by atoms with Crippen molar-refractivity contribution in [1.82, 2.24) is 0 Å². The highest BCUT2D eigenvalue weighted by Crippen LogP contribution is 2.73. The maximum Gasteiger partial charge on any atom is 0.309 e. The van der Waals surface area contributed by atoms with Gasteiger partial charge in [0.25, 0.3) is 0 Å². The lowest BCUT2D eigenvalue weighted by Gasteiger charge is -2.63. The zero-order chi connectivity index (χ0) is 16.6. The Morgan fingerprint density at radius 1 is 1.09 bits per heavy atom. The van der Waals surface area contributed by atoms with Crippen LogP contribution in [0, 0.1) is 34.0 Å². The summed E-state index contributed by atoms with van der Waals surface area (Å²) in [5.41, 5.74) is 2.49. The fourth-order valence-corrected chi connectivity index (χ4v) is 7.55. The highest BCUT2D eigenvalue weighted by molar-refractivity contribution is 5.75. The third kappa shape index (κ3) is 1.68. The van der Waals surface area contributed by atoms with Crippen LogP contribution in [0.25, 0.3) is 0 Å². The lowest BCUT2D eigenvalue weighted by Crippen LogP contribution is -2.58. The van der Waals surface area contributed by atoms with Gasteiger partial charge < -0.3 is 5.11 Å². The molecule has 4 aliphatic carbocycles. The maximum absolute atomic E-state index is 12.1. The SMILES string of the molecule is C=C1C(=C)[C@@]23CC[C@H]4[C@@](C)(CCC[C@]4(C)C(=O)O)[C@@H]2CC[C@@H]1C3. The molecule has 0 heterocycles. The third-order valence-corrected chi connectivity index (χ3v) is 8.70. The van der Waals surface area contributed by atoms with E-state index in [2.05, 4.69) is 20.1 Å². The average molecular weight is 314 g/mol. The summed E-state index contributed by atoms with van der Waals surface area (Å²) < 4.78 is 0. The summed E-state index contributed by atoms with van der Waals surface area (Å²) in [7, 11) is 0. The molecule has 2 nitrogen and oxygen atoms in total. The molecule has 23 heavy (non-hydrogen) atoms. The first-order valence-corrected chi connectivity index (χ1v) is 9.38. The highest BCUT2D eigenvalue weighted by Gasteiger charge is 2.66. The topological polar surface area (TPSA) is 37.3 Å². The van der Waals surface area contributed by atoms with Gasteiger partial charge in [0, 0.05) is 0 Å². The Bertz CT molecular complexity index is 605. The van der Waals surface area contributed by atoms with Crippen molar-refractivity contribution >= 4 is 5.97 Å². The van der Waals surface area contributed by atoms with E-state index in [-0.39, 0.29) is 10.8 Å². The van der Waals surface area contributed by atoms with Crippen LogP contribution < -0.4 is 0 Å². The summed E-state index contributed by atoms with van der Waals surface area (Å²) in [6.07, 6.45) is 8.99. The van der Waals surface area contributed by atoms with Crippen molar-refractivity contribution < 1.29 is 9.90 Å². The molecule has 4 saturated carbocycles. The van der Waals surface area contributed by atoms with Crippen LogP contribution in [0.4, 0.5) is 0 Å². The largest absolute Gasteiger partial charge is 0.481 e. The first-order chi connectivity index (χ1) is 10.8. The van der Waals surface area contributed by atoms with Gasteiger partial charge in [-0.15, -0.1) is 0 Å². The second-order valence-electron chi connectivity index (χ2n) is 9.36. The van der Waals surface area contributed by atoms with Crippen LogP contribution in [0.5, 0.6) is 0 Å². The summed E-state index contributed by atoms with van der Waals surface area (Å²) >= 11 is 0. The van der Waals surface area contributed by atoms with Crippen molar-refractivity contribution in [2.75, 3.05) is 0 Å². The Kier molecular flexibility index (Phi) is 3.04. The van der Waals surface area contributed by atoms with Gasteiger partial charge in [-0.3, -0.25) is 4.79 Å². The van der Waals surface area contributed by atoms with Crippen LogP contribution in [0.1, 0.15) is 65.2 Å². The molecule has 2 bridgehead atoms. The summed E-state index contributed by atoms with van der Waals surface area (Å²) in [4.78, 5) is 12.1. The summed E-state index contributed by atoms with van der Waals surface area (Å²) in [5, 5.41) is 9.94. The van der Waals surface area contributed by atoms with Gasteiger partial charge in [-0.1, -0.05) is 26.5 Å². The second kappa shape index (κ2) is 4.52. The van der Waals surface area contributed by atoms with Gasteiger partial charge in [0.05, 0.1) is 5.41 Å². The number of carboxylic acid groups (broad SMARTS) is 1. The Balaban J connectivity index is 1.79. The maximum atomic E-state index is 12.1. The molecule has 0 saturated heterocycles. The smallest absolute Gasteiger partial charge is 0.309 e. The van der Waals surface area contributed by atoms with Gasteiger partial charge >= 0.3 is 5.97 Å². The molecule has 126 valence electrons. The van der Waals surface area contributed by atoms with Crippen LogP contribution in [0.15, 0.2) is 24.3 Å². The number of allylic oxidation sites excluding steroid dienone is 2. The zero-order valence-electron chi connectivity index (χ0n) is 14.7. The predicted octanol–water partition coefficient (Wildman–Crippen LogP) is 5.21. The van der Waals surface area contributed by atoms with Gasteiger partial charge in [-0.2, -0.15) is 0 Å². The molecule has 6 atom stereocenters. The summed E-state index contributed by atoms with van der Waals surface area (Å²) in [6.45, 7) is 13.3. The minimum absolute atomic E-state index is 0.155. The number of rotatable bonds is 1. The average Bonchev–Trinajstić information content (AvgIpc) is 2.68. The van der Waals surface area contributed by atoms with Gasteiger partial charge in [-0.05, 0) is 91.6 Å². The lowest BCUT2D eigenvalue weighted by atomic mass is 9.40. The molecule has 0 aliphatic heterocycles. The van der Waals surface area contributed by atoms with Crippen molar-refractivity contribution in [3.8, 4) is 0 Å². The van der Waals surface area contributed by atoms with Crippen molar-refractivity contribution in [3.05, 3.63) is 24.3 Å². The van der Waals surface area contributed by atoms with E-state index >= 15 is 0 Å². The minimum atomic E-state index is -0.576. The van der Waals surface area contributed by atoms with Crippen LogP contribution in [-0.4, -0.2) is 11.1 Å². The van der Waals surface area contributed by atoms with Crippen molar-refractivity contribution in [2.24, 2.45) is 34.0 Å². The lowest BCUT2D eigenvalue weighted by molar-refractivity contribution is -0.177. The summed E-state index contributed by atoms with van der Waals surface area (Å²) in [5.74, 6) is 0.992. The Morgan fingerprint density at radius 2 is 1.83 bits per heavy atom. The molecule has 1 N–H and O–H groups in total. The molecule has 2 heteroatoms. The molecule has 0 unspecified atom stereocenters. The zero-order valence-corrected chi connectivity index (χ0v) is 14.7. The van der Waals surface area contributed by atoms with E-state index in [1.807, 2.05) is 6.92 Å². The molecule has 4 aliphatic rings. The molecule has 4 fully saturated rings. The van der Waals surface area contributed by atoms with Gasteiger partial charge in [0.2, 0.25) is 0 Å². The Hall–Kier alpha value is -1.05. The van der Waals surface area contributed by atoms with Gasteiger partial charge in [0.15, 0.2) is 0 Å². The van der Waals surface area contributed by atoms with E-state index in [1.54, 1.807) is 0 Å². The first-order valence-electron chi connectivity index (χ1n) is 9.38. The first kappa shape index (κ1) is 15.5. The van der Waals surface area contributed by atoms with Gasteiger partial charge in [-0.25, -0.2) is 0 Å². The van der Waals surface area contributed by atoms with E-state index < -0.39 is 11.4 Å². The number of hydrogen-bond acceptors (Lipinski definition) is 1. The quantitative estimate of drug-likeness (QED) is 0.721. The number of carbonyl (C=O) groups is 1. The number of hydrogen-bond donors (Lipinski definition) is 1. The predicted molar refractivity (Wildman–Crippen MR) is 92.0 cm³/mol. The van der Waals surface area contributed by atoms with Crippen molar-refractivity contribution in [1.29, 1.82) is 0 Å². The van der Waals surface area contributed by atoms with E-state index in [4.69, 9.17) is 0 Å². The Labute approximate surface area is 140 Å². The van der Waals surface area contributed by atoms with Crippen LogP contribution in [0.3, 0.4) is 0 Å². The summed E-state index contributed by atoms with van der Waals surface area (Å²) in [6, 6.07) is 0. The number of aliphatic carboxylic acids is 1. The molecule has 4 rings (SSSR count). The molecular formula is C21H30O2. The molecule has 0 amide bonds. The van der Waals surface area contributed by atoms with E-state index in [0.717, 1.165) is 25.7 Å². The second-order valence-corrected chi connectivity index (χ2v) is 9.36. The molecule has 0 aromatic heterocycles. The third-order valence-electron chi connectivity index (χ3n) is 8.70. The molecule has 0 radical (unpaired) electrons. The van der Waals surface area contributed by atoms with E-state index in [0.29, 0.717) is 17.8 Å². The van der Waals surface area contributed by atoms with Crippen molar-refractivity contribution in [3.63, 3.8) is 0 Å². The molecule has 0 aromatic carbocycles. The molecule has 1 spiro atoms. The number of fused-ring (bicyclic) bond motifs is 3. The van der Waals surface area contributed by atoms with E-state index in [9.17, 15) is 9.90 Å². The van der Waals surface area contributed by atoms with Crippen LogP contribution >= 0.6 is 0 Å². The van der Waals surface area contributed by atoms with Crippen LogP contribution in [-0.2, 0) is 4.79 Å². The monoisotopic (exact) mass is 314 g/mol. The molecule has 0 aromatic rings. The van der Waals surface area contributed by atoms with Crippen molar-refractivity contribution in [2.45, 2.75) is 65.2 Å². The normalized spacial score (nSPS) is 52.0. The standard InChI is InChI=1S/C21H30O2/c1-13-14(2)21-11-8-16-19(3,17(21)7-6-15(13)12-21)9-5-10-20(16,4)18(22)23/h15-17H,1-2,5-12H2,3-4H3,(H,22,23)/t15-,16+,17+,19-,20+,21+/m1/s1. The highest BCUT2D eigenvalue weighted by atomic mass is 16.4. The fourth-order valence-electron chi connectivity index (χ4n) is 7.55. The minimum Gasteiger partial charge on any atom is -0.481 e. The van der Waals surface area contributed by atoms with Crippen LogP contribution in [0.2, 0.25) is 0 Å².